The van der Waals surface area contributed by atoms with E-state index in [2.05, 4.69) is 21.1 Å². The second-order valence-corrected chi connectivity index (χ2v) is 6.68. The summed E-state index contributed by atoms with van der Waals surface area (Å²) in [5, 5.41) is 12.0. The average molecular weight is 354 g/mol. The number of carbonyl (C=O) groups is 1. The van der Waals surface area contributed by atoms with Crippen LogP contribution >= 0.6 is 15.9 Å². The molecule has 0 aliphatic carbocycles. The molecule has 0 saturated carbocycles. The number of aryl methyl sites for hydroxylation is 1. The van der Waals surface area contributed by atoms with Crippen molar-refractivity contribution in [2.75, 3.05) is 13.1 Å². The normalized spacial score (nSPS) is 18.6. The molecular weight excluding hydrogens is 334 g/mol. The molecular formula is C15H20BrN3O2. The van der Waals surface area contributed by atoms with Crippen molar-refractivity contribution in [2.45, 2.75) is 26.7 Å². The highest BCUT2D eigenvalue weighted by Crippen LogP contribution is 2.32. The van der Waals surface area contributed by atoms with E-state index in [4.69, 9.17) is 10.9 Å². The molecule has 0 atom stereocenters. The van der Waals surface area contributed by atoms with Crippen molar-refractivity contribution < 1.29 is 10.0 Å². The number of amides is 1. The number of oxime groups is 1. The number of nitrogens with zero attached hydrogens (tertiary/aromatic N) is 2. The van der Waals surface area contributed by atoms with Crippen LogP contribution in [0.25, 0.3) is 0 Å². The van der Waals surface area contributed by atoms with Crippen LogP contribution in [-0.4, -0.2) is 34.9 Å². The Hall–Kier alpha value is -1.56. The Bertz CT molecular complexity index is 578. The number of benzene rings is 1. The molecule has 21 heavy (non-hydrogen) atoms. The Morgan fingerprint density at radius 3 is 2.62 bits per heavy atom. The number of halogens is 1. The Kier molecular flexibility index (Phi) is 4.56. The second-order valence-electron chi connectivity index (χ2n) is 5.82. The van der Waals surface area contributed by atoms with Crippen LogP contribution in [0.1, 0.15) is 35.7 Å². The third kappa shape index (κ3) is 3.20. The highest BCUT2D eigenvalue weighted by molar-refractivity contribution is 9.10. The highest BCUT2D eigenvalue weighted by Gasteiger charge is 2.36. The molecule has 1 fully saturated rings. The van der Waals surface area contributed by atoms with Crippen molar-refractivity contribution in [3.63, 3.8) is 0 Å². The summed E-state index contributed by atoms with van der Waals surface area (Å²) in [6.07, 6.45) is 1.39. The van der Waals surface area contributed by atoms with Crippen LogP contribution in [0.2, 0.25) is 0 Å². The summed E-state index contributed by atoms with van der Waals surface area (Å²) in [5.74, 6) is 0.262. The Morgan fingerprint density at radius 1 is 1.43 bits per heavy atom. The first-order chi connectivity index (χ1) is 9.87. The molecule has 1 saturated heterocycles. The quantitative estimate of drug-likeness (QED) is 0.371. The van der Waals surface area contributed by atoms with Crippen molar-refractivity contribution in [3.8, 4) is 0 Å². The largest absolute Gasteiger partial charge is 0.409 e. The Morgan fingerprint density at radius 2 is 2.05 bits per heavy atom. The van der Waals surface area contributed by atoms with E-state index in [1.54, 1.807) is 0 Å². The summed E-state index contributed by atoms with van der Waals surface area (Å²) >= 11 is 3.43. The maximum absolute atomic E-state index is 12.6. The van der Waals surface area contributed by atoms with Gasteiger partial charge in [-0.05, 0) is 47.8 Å². The third-order valence-corrected chi connectivity index (χ3v) is 4.92. The van der Waals surface area contributed by atoms with Crippen LogP contribution < -0.4 is 5.73 Å². The van der Waals surface area contributed by atoms with Gasteiger partial charge in [-0.2, -0.15) is 0 Å². The SMILES string of the molecule is Cc1ccc(Br)c(C(=O)N2CCC(C)(/C(N)=N/O)CC2)c1. The summed E-state index contributed by atoms with van der Waals surface area (Å²) in [6.45, 7) is 5.14. The van der Waals surface area contributed by atoms with Gasteiger partial charge >= 0.3 is 0 Å². The van der Waals surface area contributed by atoms with E-state index >= 15 is 0 Å². The molecule has 1 aliphatic heterocycles. The summed E-state index contributed by atoms with van der Waals surface area (Å²) in [6, 6.07) is 5.75. The molecule has 0 bridgehead atoms. The van der Waals surface area contributed by atoms with Crippen molar-refractivity contribution in [2.24, 2.45) is 16.3 Å². The number of likely N-dealkylation sites (tertiary alicyclic amines) is 1. The lowest BCUT2D eigenvalue weighted by atomic mass is 9.79. The zero-order valence-electron chi connectivity index (χ0n) is 12.3. The Labute approximate surface area is 132 Å². The lowest BCUT2D eigenvalue weighted by Crippen LogP contribution is -2.47. The smallest absolute Gasteiger partial charge is 0.255 e. The lowest BCUT2D eigenvalue weighted by molar-refractivity contribution is 0.0665. The van der Waals surface area contributed by atoms with Crippen LogP contribution in [0.15, 0.2) is 27.8 Å². The molecule has 0 spiro atoms. The molecule has 114 valence electrons. The van der Waals surface area contributed by atoms with Crippen molar-refractivity contribution >= 4 is 27.7 Å². The van der Waals surface area contributed by atoms with E-state index < -0.39 is 0 Å². The number of hydrogen-bond donors (Lipinski definition) is 2. The van der Waals surface area contributed by atoms with Gasteiger partial charge < -0.3 is 15.8 Å². The van der Waals surface area contributed by atoms with Gasteiger partial charge in [-0.15, -0.1) is 0 Å². The van der Waals surface area contributed by atoms with Crippen LogP contribution in [0, 0.1) is 12.3 Å². The maximum atomic E-state index is 12.6. The molecule has 1 heterocycles. The number of rotatable bonds is 2. The standard InChI is InChI=1S/C15H20BrN3O2/c1-10-3-4-12(16)11(9-10)13(20)19-7-5-15(2,6-8-19)14(17)18-21/h3-4,9,21H,5-8H2,1-2H3,(H2,17,18). The highest BCUT2D eigenvalue weighted by atomic mass is 79.9. The van der Waals surface area contributed by atoms with Gasteiger partial charge in [0.2, 0.25) is 0 Å². The van der Waals surface area contributed by atoms with Gasteiger partial charge in [-0.3, -0.25) is 4.79 Å². The lowest BCUT2D eigenvalue weighted by Gasteiger charge is -2.38. The molecule has 0 radical (unpaired) electrons. The van der Waals surface area contributed by atoms with E-state index in [9.17, 15) is 4.79 Å². The van der Waals surface area contributed by atoms with E-state index in [0.717, 1.165) is 10.0 Å². The number of amidine groups is 1. The summed E-state index contributed by atoms with van der Waals surface area (Å²) in [7, 11) is 0. The molecule has 2 rings (SSSR count). The molecule has 3 N–H and O–H groups in total. The van der Waals surface area contributed by atoms with E-state index in [-0.39, 0.29) is 17.2 Å². The number of carbonyl (C=O) groups excluding carboxylic acids is 1. The summed E-state index contributed by atoms with van der Waals surface area (Å²) in [5.41, 5.74) is 7.15. The molecule has 1 aromatic carbocycles. The molecule has 0 unspecified atom stereocenters. The number of nitrogens with two attached hydrogens (primary N) is 1. The summed E-state index contributed by atoms with van der Waals surface area (Å²) < 4.78 is 0.808. The van der Waals surface area contributed by atoms with Gasteiger partial charge in [-0.1, -0.05) is 23.7 Å². The van der Waals surface area contributed by atoms with Crippen molar-refractivity contribution in [1.29, 1.82) is 0 Å². The van der Waals surface area contributed by atoms with Crippen LogP contribution in [0.5, 0.6) is 0 Å². The second kappa shape index (κ2) is 6.05. The van der Waals surface area contributed by atoms with Gasteiger partial charge in [0.15, 0.2) is 0 Å². The number of piperidine rings is 1. The molecule has 5 nitrogen and oxygen atoms in total. The van der Waals surface area contributed by atoms with Crippen molar-refractivity contribution in [3.05, 3.63) is 33.8 Å². The maximum Gasteiger partial charge on any atom is 0.255 e. The summed E-state index contributed by atoms with van der Waals surface area (Å²) in [4.78, 5) is 14.4. The molecule has 1 amide bonds. The average Bonchev–Trinajstić information content (AvgIpc) is 2.49. The predicted molar refractivity (Wildman–Crippen MR) is 85.5 cm³/mol. The fourth-order valence-electron chi connectivity index (χ4n) is 2.55. The van der Waals surface area contributed by atoms with Gasteiger partial charge in [0.05, 0.1) is 5.56 Å². The third-order valence-electron chi connectivity index (χ3n) is 4.23. The van der Waals surface area contributed by atoms with E-state index in [1.807, 2.05) is 36.9 Å². The fourth-order valence-corrected chi connectivity index (χ4v) is 2.97. The molecule has 1 aliphatic rings. The fraction of sp³-hybridized carbons (Fsp3) is 0.467. The first kappa shape index (κ1) is 15.8. The topological polar surface area (TPSA) is 78.9 Å². The molecule has 0 aromatic heterocycles. The van der Waals surface area contributed by atoms with Crippen LogP contribution in [0.3, 0.4) is 0 Å². The first-order valence-corrected chi connectivity index (χ1v) is 7.70. The van der Waals surface area contributed by atoms with E-state index in [0.29, 0.717) is 31.5 Å². The van der Waals surface area contributed by atoms with Crippen LogP contribution in [0.4, 0.5) is 0 Å². The van der Waals surface area contributed by atoms with Gasteiger partial charge in [-0.25, -0.2) is 0 Å². The zero-order valence-corrected chi connectivity index (χ0v) is 13.9. The number of hydrogen-bond acceptors (Lipinski definition) is 3. The van der Waals surface area contributed by atoms with Gasteiger partial charge in [0.1, 0.15) is 5.84 Å². The minimum atomic E-state index is -0.338. The first-order valence-electron chi connectivity index (χ1n) is 6.91. The minimum absolute atomic E-state index is 0.0205. The predicted octanol–water partition coefficient (Wildman–Crippen LogP) is 2.75. The van der Waals surface area contributed by atoms with Gasteiger partial charge in [0, 0.05) is 23.0 Å². The van der Waals surface area contributed by atoms with Crippen LogP contribution in [-0.2, 0) is 0 Å². The molecule has 1 aromatic rings. The monoisotopic (exact) mass is 353 g/mol. The zero-order chi connectivity index (χ0) is 15.6. The minimum Gasteiger partial charge on any atom is -0.409 e. The molecule has 6 heteroatoms. The van der Waals surface area contributed by atoms with Crippen molar-refractivity contribution in [1.82, 2.24) is 4.90 Å². The van der Waals surface area contributed by atoms with E-state index in [1.165, 1.54) is 0 Å². The Balaban J connectivity index is 2.12. The van der Waals surface area contributed by atoms with Gasteiger partial charge in [0.25, 0.3) is 5.91 Å².